The maximum atomic E-state index is 12.3. The molecule has 3 rings (SSSR count). The normalized spacial score (nSPS) is 20.6. The highest BCUT2D eigenvalue weighted by Crippen LogP contribution is 2.29. The summed E-state index contributed by atoms with van der Waals surface area (Å²) in [4.78, 5) is 24.5. The van der Waals surface area contributed by atoms with Crippen LogP contribution in [-0.4, -0.2) is 16.2 Å². The van der Waals surface area contributed by atoms with Crippen molar-refractivity contribution in [1.82, 2.24) is 9.99 Å². The fraction of sp³-hybridized carbons (Fsp3) is 0.538. The molecule has 2 heterocycles. The lowest BCUT2D eigenvalue weighted by molar-refractivity contribution is 0.0832. The molecule has 1 aliphatic heterocycles. The van der Waals surface area contributed by atoms with Crippen molar-refractivity contribution in [3.05, 3.63) is 32.2 Å². The molecule has 2 aliphatic rings. The van der Waals surface area contributed by atoms with Gasteiger partial charge >= 0.3 is 0 Å². The molecule has 19 heavy (non-hydrogen) atoms. The van der Waals surface area contributed by atoms with Crippen LogP contribution in [0.3, 0.4) is 0 Å². The lowest BCUT2D eigenvalue weighted by Crippen LogP contribution is -2.64. The van der Waals surface area contributed by atoms with Crippen LogP contribution in [-0.2, 0) is 0 Å². The summed E-state index contributed by atoms with van der Waals surface area (Å²) in [5.41, 5.74) is 3.75. The second-order valence-electron chi connectivity index (χ2n) is 5.37. The van der Waals surface area contributed by atoms with Crippen molar-refractivity contribution in [2.45, 2.75) is 44.7 Å². The third-order valence-corrected chi connectivity index (χ3v) is 4.52. The molecule has 1 amide bonds. The van der Waals surface area contributed by atoms with E-state index in [0.717, 1.165) is 31.2 Å². The monoisotopic (exact) mass is 325 g/mol. The van der Waals surface area contributed by atoms with Crippen LogP contribution in [0.25, 0.3) is 0 Å². The van der Waals surface area contributed by atoms with Gasteiger partial charge in [0.2, 0.25) is 0 Å². The van der Waals surface area contributed by atoms with Crippen molar-refractivity contribution in [2.75, 3.05) is 5.43 Å². The molecule has 1 saturated carbocycles. The van der Waals surface area contributed by atoms with E-state index in [1.807, 2.05) is 6.92 Å². The van der Waals surface area contributed by atoms with Crippen LogP contribution in [0, 0.1) is 6.92 Å². The first-order chi connectivity index (χ1) is 9.02. The number of aromatic nitrogens is 1. The molecule has 5 nitrogen and oxygen atoms in total. The Balaban J connectivity index is 2.13. The van der Waals surface area contributed by atoms with Crippen molar-refractivity contribution < 1.29 is 4.79 Å². The summed E-state index contributed by atoms with van der Waals surface area (Å²) in [5, 5.41) is 3.05. The fourth-order valence-corrected chi connectivity index (χ4v) is 3.52. The van der Waals surface area contributed by atoms with E-state index in [-0.39, 0.29) is 11.5 Å². The van der Waals surface area contributed by atoms with Gasteiger partial charge < -0.3 is 5.32 Å². The summed E-state index contributed by atoms with van der Waals surface area (Å²) in [6, 6.07) is 1.69. The second-order valence-corrected chi connectivity index (χ2v) is 6.23. The number of hydrogen-bond donors (Lipinski definition) is 2. The molecular weight excluding hydrogens is 310 g/mol. The molecule has 0 unspecified atom stereocenters. The van der Waals surface area contributed by atoms with Gasteiger partial charge in [-0.25, -0.2) is 4.68 Å². The van der Waals surface area contributed by atoms with Gasteiger partial charge in [-0.3, -0.25) is 15.0 Å². The van der Waals surface area contributed by atoms with Crippen LogP contribution < -0.4 is 16.3 Å². The third-order valence-electron chi connectivity index (χ3n) is 3.95. The molecule has 1 aromatic heterocycles. The van der Waals surface area contributed by atoms with Crippen molar-refractivity contribution in [1.29, 1.82) is 0 Å². The van der Waals surface area contributed by atoms with Gasteiger partial charge in [0.25, 0.3) is 11.5 Å². The zero-order chi connectivity index (χ0) is 13.6. The van der Waals surface area contributed by atoms with E-state index in [2.05, 4.69) is 26.7 Å². The predicted molar refractivity (Wildman–Crippen MR) is 75.8 cm³/mol. The molecular formula is C13H16BrN3O2. The van der Waals surface area contributed by atoms with Gasteiger partial charge in [-0.2, -0.15) is 0 Å². The van der Waals surface area contributed by atoms with Gasteiger partial charge in [-0.15, -0.1) is 0 Å². The standard InChI is InChI=1S/C13H16BrN3O2/c1-8-7-9(14)12(19)17-10(8)11(18)15-13(16-17)5-3-2-4-6-13/h7,16H,2-6H2,1H3,(H,15,18). The number of hydrogen-bond acceptors (Lipinski definition) is 3. The summed E-state index contributed by atoms with van der Waals surface area (Å²) < 4.78 is 1.88. The summed E-state index contributed by atoms with van der Waals surface area (Å²) in [5.74, 6) is -0.164. The number of nitrogens with one attached hydrogen (secondary N) is 2. The number of pyridine rings is 1. The van der Waals surface area contributed by atoms with Gasteiger partial charge in [-0.1, -0.05) is 6.42 Å². The Morgan fingerprint density at radius 3 is 2.63 bits per heavy atom. The molecule has 1 spiro atoms. The summed E-state index contributed by atoms with van der Waals surface area (Å²) in [7, 11) is 0. The van der Waals surface area contributed by atoms with E-state index >= 15 is 0 Å². The minimum Gasteiger partial charge on any atom is -0.327 e. The molecule has 1 aliphatic carbocycles. The fourth-order valence-electron chi connectivity index (χ4n) is 3.00. The minimum absolute atomic E-state index is 0.164. The van der Waals surface area contributed by atoms with Crippen LogP contribution in [0.5, 0.6) is 0 Å². The number of fused-ring (bicyclic) bond motifs is 1. The summed E-state index contributed by atoms with van der Waals surface area (Å²) in [6.45, 7) is 1.83. The number of carbonyl (C=O) groups is 1. The van der Waals surface area contributed by atoms with Crippen LogP contribution in [0.4, 0.5) is 0 Å². The maximum absolute atomic E-state index is 12.3. The van der Waals surface area contributed by atoms with Crippen molar-refractivity contribution in [3.63, 3.8) is 0 Å². The molecule has 0 saturated heterocycles. The van der Waals surface area contributed by atoms with Gasteiger partial charge in [0.15, 0.2) is 0 Å². The Hall–Kier alpha value is -1.30. The minimum atomic E-state index is -0.459. The van der Waals surface area contributed by atoms with E-state index in [1.54, 1.807) is 6.07 Å². The lowest BCUT2D eigenvalue weighted by Gasteiger charge is -2.43. The third kappa shape index (κ3) is 1.98. The lowest BCUT2D eigenvalue weighted by atomic mass is 9.88. The van der Waals surface area contributed by atoms with E-state index in [0.29, 0.717) is 10.2 Å². The SMILES string of the molecule is Cc1cc(Br)c(=O)n2c1C(=O)NC1(CCCCC1)N2. The number of aryl methyl sites for hydroxylation is 1. The highest BCUT2D eigenvalue weighted by Gasteiger charge is 2.39. The highest BCUT2D eigenvalue weighted by atomic mass is 79.9. The number of carbonyl (C=O) groups excluding carboxylic acids is 1. The van der Waals surface area contributed by atoms with E-state index < -0.39 is 5.66 Å². The largest absolute Gasteiger partial charge is 0.327 e. The Bertz CT molecular complexity index is 603. The Kier molecular flexibility index (Phi) is 2.92. The summed E-state index contributed by atoms with van der Waals surface area (Å²) in [6.07, 6.45) is 5.01. The van der Waals surface area contributed by atoms with E-state index in [1.165, 1.54) is 11.1 Å². The number of nitrogens with zero attached hydrogens (tertiary/aromatic N) is 1. The van der Waals surface area contributed by atoms with Gasteiger partial charge in [0, 0.05) is 0 Å². The zero-order valence-corrected chi connectivity index (χ0v) is 12.3. The molecule has 0 bridgehead atoms. The molecule has 2 N–H and O–H groups in total. The smallest absolute Gasteiger partial charge is 0.283 e. The molecule has 102 valence electrons. The summed E-state index contributed by atoms with van der Waals surface area (Å²) >= 11 is 3.25. The Morgan fingerprint density at radius 1 is 1.26 bits per heavy atom. The van der Waals surface area contributed by atoms with Crippen LogP contribution in [0.15, 0.2) is 15.3 Å². The van der Waals surface area contributed by atoms with Crippen molar-refractivity contribution in [2.24, 2.45) is 0 Å². The van der Waals surface area contributed by atoms with Gasteiger partial charge in [0.05, 0.1) is 4.47 Å². The van der Waals surface area contributed by atoms with Crippen LogP contribution in [0.2, 0.25) is 0 Å². The molecule has 0 aromatic carbocycles. The van der Waals surface area contributed by atoms with Crippen LogP contribution in [0.1, 0.15) is 48.2 Å². The number of rotatable bonds is 0. The number of amides is 1. The zero-order valence-electron chi connectivity index (χ0n) is 10.8. The highest BCUT2D eigenvalue weighted by molar-refractivity contribution is 9.10. The van der Waals surface area contributed by atoms with Crippen LogP contribution >= 0.6 is 15.9 Å². The van der Waals surface area contributed by atoms with E-state index in [9.17, 15) is 9.59 Å². The van der Waals surface area contributed by atoms with Gasteiger partial charge in [0.1, 0.15) is 11.4 Å². The number of halogens is 1. The molecule has 1 aromatic rings. The molecule has 0 atom stereocenters. The average Bonchev–Trinajstić information content (AvgIpc) is 2.36. The Morgan fingerprint density at radius 2 is 1.95 bits per heavy atom. The molecule has 6 heteroatoms. The molecule has 1 fully saturated rings. The first-order valence-electron chi connectivity index (χ1n) is 6.55. The predicted octanol–water partition coefficient (Wildman–Crippen LogP) is 1.87. The van der Waals surface area contributed by atoms with E-state index in [4.69, 9.17) is 0 Å². The molecule has 0 radical (unpaired) electrons. The van der Waals surface area contributed by atoms with Crippen molar-refractivity contribution in [3.8, 4) is 0 Å². The Labute approximate surface area is 119 Å². The topological polar surface area (TPSA) is 63.1 Å². The van der Waals surface area contributed by atoms with Gasteiger partial charge in [-0.05, 0) is 60.2 Å². The average molecular weight is 326 g/mol. The maximum Gasteiger partial charge on any atom is 0.283 e. The van der Waals surface area contributed by atoms with Crippen molar-refractivity contribution >= 4 is 21.8 Å². The second kappa shape index (κ2) is 4.37. The quantitative estimate of drug-likeness (QED) is 0.765. The first-order valence-corrected chi connectivity index (χ1v) is 7.35. The first kappa shape index (κ1) is 12.7.